The lowest BCUT2D eigenvalue weighted by molar-refractivity contribution is -0.134. The number of fused-ring (bicyclic) bond motifs is 1. The van der Waals surface area contributed by atoms with Crippen LogP contribution in [0.15, 0.2) is 54.6 Å². The standard InChI is InChI=1S/C14H11NO4P/c16-14-13(10-6-2-1-3-7-10)15-20(19-14)17-11-8-4-5-9-12(11)18-20/h1-9,13,15H/q+1. The lowest BCUT2D eigenvalue weighted by Crippen LogP contribution is -2.20. The van der Waals surface area contributed by atoms with Gasteiger partial charge in [-0.25, -0.2) is 9.32 Å². The van der Waals surface area contributed by atoms with Crippen molar-refractivity contribution in [2.24, 2.45) is 0 Å². The molecule has 20 heavy (non-hydrogen) atoms. The second kappa shape index (κ2) is 4.20. The summed E-state index contributed by atoms with van der Waals surface area (Å²) in [5, 5.41) is 3.07. The van der Waals surface area contributed by atoms with Crippen LogP contribution in [0, 0.1) is 0 Å². The highest BCUT2D eigenvalue weighted by atomic mass is 31.2. The quantitative estimate of drug-likeness (QED) is 0.817. The molecule has 1 unspecified atom stereocenters. The van der Waals surface area contributed by atoms with Gasteiger partial charge in [0.25, 0.3) is 0 Å². The molecule has 1 spiro atoms. The Morgan fingerprint density at radius 3 is 2.10 bits per heavy atom. The molecule has 0 saturated carbocycles. The maximum absolute atomic E-state index is 12.1. The molecule has 2 aromatic carbocycles. The fraction of sp³-hybridized carbons (Fsp3) is 0.0714. The minimum absolute atomic E-state index is 0.377. The average molecular weight is 288 g/mol. The van der Waals surface area contributed by atoms with Gasteiger partial charge in [0, 0.05) is 0 Å². The molecule has 0 radical (unpaired) electrons. The van der Waals surface area contributed by atoms with E-state index in [1.54, 1.807) is 12.1 Å². The summed E-state index contributed by atoms with van der Waals surface area (Å²) in [5.74, 6) is 0.807. The summed E-state index contributed by atoms with van der Waals surface area (Å²) < 4.78 is 16.8. The van der Waals surface area contributed by atoms with E-state index in [2.05, 4.69) is 5.09 Å². The average Bonchev–Trinajstić information content (AvgIpc) is 2.99. The van der Waals surface area contributed by atoms with Crippen molar-refractivity contribution in [2.75, 3.05) is 0 Å². The van der Waals surface area contributed by atoms with Crippen LogP contribution < -0.4 is 14.1 Å². The number of nitrogens with one attached hydrogen (secondary N) is 1. The number of para-hydroxylation sites is 2. The normalized spacial score (nSPS) is 22.0. The van der Waals surface area contributed by atoms with E-state index in [4.69, 9.17) is 13.6 Å². The summed E-state index contributed by atoms with van der Waals surface area (Å²) in [6.45, 7) is 0. The number of hydrogen-bond acceptors (Lipinski definition) is 5. The number of benzene rings is 2. The summed E-state index contributed by atoms with van der Waals surface area (Å²) in [6, 6.07) is 16.1. The van der Waals surface area contributed by atoms with E-state index in [-0.39, 0.29) is 5.97 Å². The van der Waals surface area contributed by atoms with Crippen LogP contribution in [0.25, 0.3) is 0 Å². The molecule has 5 nitrogen and oxygen atoms in total. The van der Waals surface area contributed by atoms with Gasteiger partial charge in [-0.1, -0.05) is 47.6 Å². The van der Waals surface area contributed by atoms with Crippen molar-refractivity contribution in [2.45, 2.75) is 6.04 Å². The van der Waals surface area contributed by atoms with Gasteiger partial charge in [-0.2, -0.15) is 0 Å². The van der Waals surface area contributed by atoms with Gasteiger partial charge in [-0.05, 0) is 17.7 Å². The van der Waals surface area contributed by atoms with Crippen LogP contribution in [0.1, 0.15) is 11.6 Å². The largest absolute Gasteiger partial charge is 0.643 e. The van der Waals surface area contributed by atoms with E-state index in [9.17, 15) is 4.79 Å². The summed E-state index contributed by atoms with van der Waals surface area (Å²) in [5.41, 5.74) is 0.831. The zero-order chi connectivity index (χ0) is 13.6. The van der Waals surface area contributed by atoms with Crippen molar-refractivity contribution in [3.8, 4) is 11.5 Å². The first-order valence-corrected chi connectivity index (χ1v) is 7.73. The summed E-state index contributed by atoms with van der Waals surface area (Å²) in [6.07, 6.45) is 0. The predicted molar refractivity (Wildman–Crippen MR) is 73.0 cm³/mol. The van der Waals surface area contributed by atoms with Crippen LogP contribution >= 0.6 is 8.09 Å². The van der Waals surface area contributed by atoms with Crippen LogP contribution in [-0.2, 0) is 9.32 Å². The molecular weight excluding hydrogens is 277 g/mol. The first-order valence-electron chi connectivity index (χ1n) is 6.19. The smallest absolute Gasteiger partial charge is 0.253 e. The van der Waals surface area contributed by atoms with Gasteiger partial charge in [0.2, 0.25) is 11.5 Å². The van der Waals surface area contributed by atoms with E-state index < -0.39 is 14.1 Å². The Hall–Kier alpha value is -2.10. The Kier molecular flexibility index (Phi) is 2.46. The van der Waals surface area contributed by atoms with Crippen LogP contribution in [-0.4, -0.2) is 5.97 Å². The van der Waals surface area contributed by atoms with Crippen LogP contribution in [0.3, 0.4) is 0 Å². The van der Waals surface area contributed by atoms with Crippen molar-refractivity contribution < 1.29 is 18.4 Å². The molecule has 100 valence electrons. The van der Waals surface area contributed by atoms with E-state index in [0.717, 1.165) is 5.56 Å². The monoisotopic (exact) mass is 288 g/mol. The van der Waals surface area contributed by atoms with Crippen molar-refractivity contribution in [1.82, 2.24) is 5.09 Å². The molecule has 6 heteroatoms. The third kappa shape index (κ3) is 1.75. The van der Waals surface area contributed by atoms with E-state index in [1.165, 1.54) is 0 Å². The maximum Gasteiger partial charge on any atom is 0.643 e. The highest BCUT2D eigenvalue weighted by Crippen LogP contribution is 2.69. The van der Waals surface area contributed by atoms with Gasteiger partial charge < -0.3 is 0 Å². The minimum Gasteiger partial charge on any atom is -0.253 e. The topological polar surface area (TPSA) is 56.8 Å². The van der Waals surface area contributed by atoms with Gasteiger partial charge in [0.05, 0.1) is 0 Å². The molecule has 1 fully saturated rings. The summed E-state index contributed by atoms with van der Waals surface area (Å²) >= 11 is 0. The van der Waals surface area contributed by atoms with E-state index in [1.807, 2.05) is 42.5 Å². The first-order chi connectivity index (χ1) is 9.76. The molecule has 2 aliphatic heterocycles. The van der Waals surface area contributed by atoms with Gasteiger partial charge in [0.15, 0.2) is 6.04 Å². The third-order valence-corrected chi connectivity index (χ3v) is 5.02. The molecule has 2 heterocycles. The van der Waals surface area contributed by atoms with Crippen LogP contribution in [0.5, 0.6) is 11.5 Å². The van der Waals surface area contributed by atoms with Crippen LogP contribution in [0.4, 0.5) is 0 Å². The number of carbonyl (C=O) groups is 1. The number of carbonyl (C=O) groups excluding carboxylic acids is 1. The molecule has 1 saturated heterocycles. The molecule has 2 aromatic rings. The number of rotatable bonds is 1. The zero-order valence-electron chi connectivity index (χ0n) is 10.4. The molecule has 1 N–H and O–H groups in total. The minimum atomic E-state index is -2.86. The van der Waals surface area contributed by atoms with Crippen molar-refractivity contribution in [1.29, 1.82) is 0 Å². The second-order valence-electron chi connectivity index (χ2n) is 4.51. The highest BCUT2D eigenvalue weighted by Gasteiger charge is 2.66. The van der Waals surface area contributed by atoms with Gasteiger partial charge in [0.1, 0.15) is 0 Å². The Bertz CT molecular complexity index is 651. The van der Waals surface area contributed by atoms with Crippen molar-refractivity contribution >= 4 is 14.1 Å². The van der Waals surface area contributed by atoms with Crippen molar-refractivity contribution in [3.05, 3.63) is 60.2 Å². The lowest BCUT2D eigenvalue weighted by Gasteiger charge is -2.06. The van der Waals surface area contributed by atoms with Crippen molar-refractivity contribution in [3.63, 3.8) is 0 Å². The SMILES string of the molecule is O=C1O[P+]2(NC1c1ccccc1)Oc1ccccc1O2. The fourth-order valence-electron chi connectivity index (χ4n) is 2.23. The Morgan fingerprint density at radius 1 is 0.850 bits per heavy atom. The van der Waals surface area contributed by atoms with Gasteiger partial charge in [-0.15, -0.1) is 0 Å². The Balaban J connectivity index is 1.64. The molecule has 2 aliphatic rings. The fourth-order valence-corrected chi connectivity index (χ4v) is 4.24. The summed E-state index contributed by atoms with van der Waals surface area (Å²) in [7, 11) is -2.86. The predicted octanol–water partition coefficient (Wildman–Crippen LogP) is 3.02. The molecule has 0 aliphatic carbocycles. The third-order valence-electron chi connectivity index (χ3n) is 3.15. The van der Waals surface area contributed by atoms with E-state index >= 15 is 0 Å². The maximum atomic E-state index is 12.1. The lowest BCUT2D eigenvalue weighted by atomic mass is 10.1. The zero-order valence-corrected chi connectivity index (χ0v) is 11.2. The van der Waals surface area contributed by atoms with Crippen LogP contribution in [0.2, 0.25) is 0 Å². The molecular formula is C14H11NO4P+. The Labute approximate surface area is 116 Å². The molecule has 0 bridgehead atoms. The highest BCUT2D eigenvalue weighted by molar-refractivity contribution is 7.61. The van der Waals surface area contributed by atoms with E-state index in [0.29, 0.717) is 11.5 Å². The van der Waals surface area contributed by atoms with Gasteiger partial charge in [-0.3, -0.25) is 9.05 Å². The Morgan fingerprint density at radius 2 is 1.45 bits per heavy atom. The van der Waals surface area contributed by atoms with Gasteiger partial charge >= 0.3 is 14.1 Å². The molecule has 4 rings (SSSR count). The summed E-state index contributed by atoms with van der Waals surface area (Å²) in [4.78, 5) is 12.1. The number of hydrogen-bond donors (Lipinski definition) is 1. The first kappa shape index (κ1) is 11.7. The second-order valence-corrected chi connectivity index (χ2v) is 6.31. The molecule has 1 atom stereocenters. The molecule has 0 aromatic heterocycles. The molecule has 0 amide bonds.